The summed E-state index contributed by atoms with van der Waals surface area (Å²) in [4.78, 5) is 63.8. The quantitative estimate of drug-likeness (QED) is 0.287. The summed E-state index contributed by atoms with van der Waals surface area (Å²) in [5, 5.41) is 2.61. The molecule has 3 fully saturated rings. The molecule has 4 heterocycles. The van der Waals surface area contributed by atoms with E-state index in [1.54, 1.807) is 11.8 Å². The Morgan fingerprint density at radius 3 is 2.36 bits per heavy atom. The van der Waals surface area contributed by atoms with Crippen molar-refractivity contribution >= 4 is 47.0 Å². The number of fused-ring (bicyclic) bond motifs is 1. The maximum atomic E-state index is 14.5. The molecule has 3 N–H and O–H groups in total. The van der Waals surface area contributed by atoms with Gasteiger partial charge in [0.25, 0.3) is 5.91 Å². The second-order valence-electron chi connectivity index (χ2n) is 14.7. The fraction of sp³-hybridized carbons (Fsp3) is 0.579. The fourth-order valence-electron chi connectivity index (χ4n) is 8.10. The van der Waals surface area contributed by atoms with Crippen molar-refractivity contribution in [3.63, 3.8) is 0 Å². The van der Waals surface area contributed by atoms with Crippen LogP contribution in [0.1, 0.15) is 49.3 Å². The fourth-order valence-corrected chi connectivity index (χ4v) is 8.34. The number of nitrogen functional groups attached to an aromatic ring is 1. The number of piperidine rings is 2. The lowest BCUT2D eigenvalue weighted by Crippen LogP contribution is -2.63. The zero-order valence-corrected chi connectivity index (χ0v) is 31.9. The topological polar surface area (TPSA) is 141 Å². The van der Waals surface area contributed by atoms with Crippen molar-refractivity contribution in [2.75, 3.05) is 77.1 Å². The van der Waals surface area contributed by atoms with Gasteiger partial charge < -0.3 is 40.1 Å². The number of nitrogens with one attached hydrogen (secondary N) is 1. The lowest BCUT2D eigenvalue weighted by molar-refractivity contribution is -0.162. The van der Waals surface area contributed by atoms with Crippen LogP contribution in [-0.2, 0) is 38.1 Å². The van der Waals surface area contributed by atoms with E-state index in [0.717, 1.165) is 43.2 Å². The Labute approximate surface area is 323 Å². The van der Waals surface area contributed by atoms with E-state index in [2.05, 4.69) is 22.2 Å². The lowest BCUT2D eigenvalue weighted by atomic mass is 9.99. The van der Waals surface area contributed by atoms with Crippen LogP contribution in [-0.4, -0.2) is 139 Å². The molecular formula is C38H49ClF3N7O6. The molecule has 4 amide bonds. The number of likely N-dealkylation sites (tertiary alicyclic amines) is 2. The van der Waals surface area contributed by atoms with Crippen molar-refractivity contribution in [3.05, 3.63) is 58.1 Å². The van der Waals surface area contributed by atoms with Gasteiger partial charge in [0, 0.05) is 63.5 Å². The molecule has 0 radical (unpaired) electrons. The van der Waals surface area contributed by atoms with Gasteiger partial charge in [0.2, 0.25) is 0 Å². The molecule has 17 heteroatoms. The van der Waals surface area contributed by atoms with Gasteiger partial charge >= 0.3 is 24.3 Å². The van der Waals surface area contributed by atoms with Crippen molar-refractivity contribution in [1.82, 2.24) is 24.5 Å². The van der Waals surface area contributed by atoms with Gasteiger partial charge in [0.1, 0.15) is 6.04 Å². The predicted molar refractivity (Wildman–Crippen MR) is 200 cm³/mol. The van der Waals surface area contributed by atoms with Gasteiger partial charge in [0.15, 0.2) is 6.10 Å². The van der Waals surface area contributed by atoms with E-state index >= 15 is 0 Å². The van der Waals surface area contributed by atoms with Gasteiger partial charge in [-0.3, -0.25) is 9.69 Å². The van der Waals surface area contributed by atoms with E-state index in [0.29, 0.717) is 32.4 Å². The number of benzene rings is 2. The number of nitrogens with zero attached hydrogens (tertiary/aromatic N) is 5. The monoisotopic (exact) mass is 791 g/mol. The van der Waals surface area contributed by atoms with Crippen molar-refractivity contribution in [3.8, 4) is 0 Å². The Balaban J connectivity index is 1.20. The minimum atomic E-state index is -4.84. The van der Waals surface area contributed by atoms with Crippen molar-refractivity contribution in [2.24, 2.45) is 0 Å². The number of halogens is 4. The lowest BCUT2D eigenvalue weighted by Gasteiger charge is -2.45. The van der Waals surface area contributed by atoms with E-state index in [-0.39, 0.29) is 61.5 Å². The van der Waals surface area contributed by atoms with Crippen molar-refractivity contribution in [2.45, 2.75) is 75.9 Å². The number of rotatable bonds is 8. The highest BCUT2D eigenvalue weighted by atomic mass is 35.5. The Morgan fingerprint density at radius 1 is 0.982 bits per heavy atom. The van der Waals surface area contributed by atoms with Crippen LogP contribution >= 0.6 is 11.6 Å². The molecule has 4 aliphatic heterocycles. The van der Waals surface area contributed by atoms with Crippen LogP contribution in [0.5, 0.6) is 0 Å². The number of hydrogen-bond acceptors (Lipinski definition) is 9. The highest BCUT2D eigenvalue weighted by Crippen LogP contribution is 2.38. The number of ether oxygens (including phenoxy) is 2. The van der Waals surface area contributed by atoms with Crippen LogP contribution in [0.3, 0.4) is 0 Å². The molecule has 13 nitrogen and oxygen atoms in total. The number of para-hydroxylation sites is 1. The maximum absolute atomic E-state index is 14.5. The number of amides is 4. The van der Waals surface area contributed by atoms with Crippen LogP contribution in [0.15, 0.2) is 36.4 Å². The number of alkyl halides is 3. The zero-order chi connectivity index (χ0) is 39.4. The first-order valence-electron chi connectivity index (χ1n) is 18.9. The number of urea groups is 1. The molecule has 0 spiro atoms. The summed E-state index contributed by atoms with van der Waals surface area (Å²) in [5.74, 6) is -1.34. The molecule has 2 aromatic rings. The normalized spacial score (nSPS) is 21.4. The van der Waals surface area contributed by atoms with E-state index in [9.17, 15) is 32.3 Å². The van der Waals surface area contributed by atoms with Crippen LogP contribution in [0, 0.1) is 0 Å². The second-order valence-corrected chi connectivity index (χ2v) is 15.1. The SMILES string of the molecule is CCOC(=O)[C@@H]1CN(C2CCN(C)CC2)CCN1C(=O)[C@@H](Cc1cc(Cl)c(N)c(C(F)(F)F)c1)OC(=O)N1CCC(N2CCc3ccccc3NC2=O)CC1. The van der Waals surface area contributed by atoms with Gasteiger partial charge in [-0.2, -0.15) is 13.2 Å². The average molecular weight is 792 g/mol. The third-order valence-electron chi connectivity index (χ3n) is 11.2. The molecular weight excluding hydrogens is 743 g/mol. The number of anilines is 2. The summed E-state index contributed by atoms with van der Waals surface area (Å²) >= 11 is 6.15. The number of carbonyl (C=O) groups excluding carboxylic acids is 4. The van der Waals surface area contributed by atoms with Crippen LogP contribution < -0.4 is 11.1 Å². The van der Waals surface area contributed by atoms with Gasteiger partial charge in [-0.05, 0) is 88.5 Å². The van der Waals surface area contributed by atoms with Gasteiger partial charge in [-0.25, -0.2) is 14.4 Å². The van der Waals surface area contributed by atoms with Crippen LogP contribution in [0.2, 0.25) is 5.02 Å². The standard InChI is InChI=1S/C38H49ClF3N7O6/c1-3-54-35(51)31-23-47(26-9-13-45(2)14-10-26)18-19-49(31)34(50)32(22-24-20-28(38(40,41)42)33(43)29(39)21-24)55-37(53)46-15-11-27(12-16-46)48-17-8-25-6-4-5-7-30(25)44-36(48)52/h4-7,20-21,26-27,31-32H,3,8-19,22-23,43H2,1-2H3,(H,44,52)/t31-,32+/m0/s1. The van der Waals surface area contributed by atoms with Crippen molar-refractivity contribution in [1.29, 1.82) is 0 Å². The largest absolute Gasteiger partial charge is 0.464 e. The smallest absolute Gasteiger partial charge is 0.418 e. The van der Waals surface area contributed by atoms with Crippen LogP contribution in [0.4, 0.5) is 34.1 Å². The van der Waals surface area contributed by atoms with E-state index in [4.69, 9.17) is 26.8 Å². The summed E-state index contributed by atoms with van der Waals surface area (Å²) in [6.07, 6.45) is -4.37. The summed E-state index contributed by atoms with van der Waals surface area (Å²) in [6, 6.07) is 8.45. The average Bonchev–Trinajstić information content (AvgIpc) is 3.33. The third-order valence-corrected chi connectivity index (χ3v) is 11.5. The number of hydrogen-bond donors (Lipinski definition) is 2. The first kappa shape index (κ1) is 40.4. The molecule has 3 saturated heterocycles. The maximum Gasteiger partial charge on any atom is 0.418 e. The molecule has 0 saturated carbocycles. The minimum Gasteiger partial charge on any atom is -0.464 e. The molecule has 0 aliphatic carbocycles. The molecule has 2 aromatic carbocycles. The minimum absolute atomic E-state index is 0.0257. The number of esters is 1. The van der Waals surface area contributed by atoms with Gasteiger partial charge in [-0.15, -0.1) is 0 Å². The summed E-state index contributed by atoms with van der Waals surface area (Å²) in [6.45, 7) is 5.24. The van der Waals surface area contributed by atoms with E-state index < -0.39 is 54.0 Å². The molecule has 300 valence electrons. The highest BCUT2D eigenvalue weighted by Gasteiger charge is 2.43. The molecule has 4 aliphatic rings. The molecule has 0 unspecified atom stereocenters. The molecule has 0 bridgehead atoms. The highest BCUT2D eigenvalue weighted by molar-refractivity contribution is 6.33. The van der Waals surface area contributed by atoms with Gasteiger partial charge in [-0.1, -0.05) is 29.8 Å². The van der Waals surface area contributed by atoms with Crippen LogP contribution in [0.25, 0.3) is 0 Å². The number of piperazine rings is 1. The first-order chi connectivity index (χ1) is 26.2. The third kappa shape index (κ3) is 9.41. The molecule has 2 atom stereocenters. The molecule has 55 heavy (non-hydrogen) atoms. The Bertz CT molecular complexity index is 1730. The summed E-state index contributed by atoms with van der Waals surface area (Å²) in [7, 11) is 2.05. The summed E-state index contributed by atoms with van der Waals surface area (Å²) in [5.41, 5.74) is 5.63. The Hall–Kier alpha value is -4.28. The zero-order valence-electron chi connectivity index (χ0n) is 31.2. The Morgan fingerprint density at radius 2 is 1.67 bits per heavy atom. The van der Waals surface area contributed by atoms with Gasteiger partial charge in [0.05, 0.1) is 22.9 Å². The second kappa shape index (κ2) is 17.2. The number of nitrogens with two attached hydrogens (primary N) is 1. The first-order valence-corrected chi connectivity index (χ1v) is 19.3. The van der Waals surface area contributed by atoms with E-state index in [1.807, 2.05) is 24.3 Å². The van der Waals surface area contributed by atoms with E-state index in [1.165, 1.54) is 15.9 Å². The number of carbonyl (C=O) groups is 4. The summed E-state index contributed by atoms with van der Waals surface area (Å²) < 4.78 is 53.2. The van der Waals surface area contributed by atoms with Crippen molar-refractivity contribution < 1.29 is 41.8 Å². The predicted octanol–water partition coefficient (Wildman–Crippen LogP) is 4.71. The molecule has 6 rings (SSSR count). The molecule has 0 aromatic heterocycles. The Kier molecular flexibility index (Phi) is 12.7.